The van der Waals surface area contributed by atoms with Crippen LogP contribution in [0.4, 0.5) is 18.0 Å². The number of nitrogens with one attached hydrogen (secondary N) is 1. The molecule has 4 aliphatic carbocycles. The summed E-state index contributed by atoms with van der Waals surface area (Å²) in [6.07, 6.45) is 4.19. The molecule has 5 aliphatic rings. The average molecular weight is 431 g/mol. The van der Waals surface area contributed by atoms with Crippen LogP contribution in [0.25, 0.3) is 0 Å². The highest BCUT2D eigenvalue weighted by molar-refractivity contribution is 5.79. The van der Waals surface area contributed by atoms with Crippen LogP contribution in [0.1, 0.15) is 64.7 Å². The van der Waals surface area contributed by atoms with Crippen molar-refractivity contribution < 1.29 is 27.5 Å². The normalized spacial score (nSPS) is 34.7. The van der Waals surface area contributed by atoms with Gasteiger partial charge in [-0.3, -0.25) is 4.79 Å². The lowest BCUT2D eigenvalue weighted by atomic mass is 9.47. The number of hydrogen-bond donors (Lipinski definition) is 1. The topological polar surface area (TPSA) is 58.6 Å². The molecule has 30 heavy (non-hydrogen) atoms. The Bertz CT molecular complexity index is 623. The minimum Gasteiger partial charge on any atom is -0.440 e. The summed E-state index contributed by atoms with van der Waals surface area (Å²) in [7, 11) is 0. The fraction of sp³-hybridized carbons (Fsp3) is 0.909. The molecule has 1 heterocycles. The quantitative estimate of drug-likeness (QED) is 0.698. The summed E-state index contributed by atoms with van der Waals surface area (Å²) in [5.74, 6) is 2.33. The van der Waals surface area contributed by atoms with Gasteiger partial charge in [0.25, 0.3) is 0 Å². The van der Waals surface area contributed by atoms with E-state index in [1.807, 2.05) is 0 Å². The summed E-state index contributed by atoms with van der Waals surface area (Å²) in [5, 5.41) is 3.36. The second kappa shape index (κ2) is 8.23. The lowest BCUT2D eigenvalue weighted by Crippen LogP contribution is -2.57. The first-order chi connectivity index (χ1) is 14.2. The van der Waals surface area contributed by atoms with E-state index in [1.165, 1.54) is 43.4 Å². The summed E-state index contributed by atoms with van der Waals surface area (Å²) in [6, 6.07) is 0.202. The molecule has 0 aromatic rings. The monoisotopic (exact) mass is 430 g/mol. The van der Waals surface area contributed by atoms with Gasteiger partial charge in [0.2, 0.25) is 5.91 Å². The van der Waals surface area contributed by atoms with Crippen LogP contribution in [-0.4, -0.2) is 48.8 Å². The van der Waals surface area contributed by atoms with Crippen molar-refractivity contribution in [3.8, 4) is 0 Å². The van der Waals surface area contributed by atoms with Gasteiger partial charge >= 0.3 is 12.3 Å². The van der Waals surface area contributed by atoms with Crippen molar-refractivity contribution in [2.75, 3.05) is 19.7 Å². The van der Waals surface area contributed by atoms with Crippen LogP contribution in [-0.2, 0) is 9.53 Å². The fourth-order valence-corrected chi connectivity index (χ4v) is 7.14. The number of piperidine rings is 1. The van der Waals surface area contributed by atoms with Gasteiger partial charge in [0.1, 0.15) is 0 Å². The Balaban J connectivity index is 1.29. The Labute approximate surface area is 176 Å². The maximum absolute atomic E-state index is 13.0. The molecule has 0 aromatic heterocycles. The van der Waals surface area contributed by atoms with Crippen molar-refractivity contribution in [1.82, 2.24) is 10.2 Å². The molecule has 4 saturated carbocycles. The third-order valence-corrected chi connectivity index (χ3v) is 8.03. The molecular formula is C22H33F3N2O3. The summed E-state index contributed by atoms with van der Waals surface area (Å²) in [5.41, 5.74) is 0.251. The van der Waals surface area contributed by atoms with Crippen LogP contribution in [0.15, 0.2) is 0 Å². The standard InChI is InChI=1S/C22H33F3N2O3/c1-2-18(21-10-14-7-15(11-21)9-16(8-14)12-21)26-19(28)17-3-5-27(6-4-17)20(29)30-13-22(23,24)25/h14-18H,2-13H2,1H3,(H,26,28)/t14?,15?,16?,18-,21?/m1/s1. The van der Waals surface area contributed by atoms with Crippen molar-refractivity contribution in [1.29, 1.82) is 0 Å². The van der Waals surface area contributed by atoms with E-state index in [9.17, 15) is 22.8 Å². The van der Waals surface area contributed by atoms with Crippen LogP contribution in [0.3, 0.4) is 0 Å². The zero-order valence-electron chi connectivity index (χ0n) is 17.7. The number of halogens is 3. The molecule has 8 heteroatoms. The lowest BCUT2D eigenvalue weighted by molar-refractivity contribution is -0.162. The summed E-state index contributed by atoms with van der Waals surface area (Å²) >= 11 is 0. The lowest BCUT2D eigenvalue weighted by Gasteiger charge is -2.59. The molecule has 0 spiro atoms. The van der Waals surface area contributed by atoms with Crippen LogP contribution < -0.4 is 5.32 Å². The van der Waals surface area contributed by atoms with Crippen molar-refractivity contribution >= 4 is 12.0 Å². The highest BCUT2D eigenvalue weighted by atomic mass is 19.4. The second-order valence-electron chi connectivity index (χ2n) is 10.2. The third-order valence-electron chi connectivity index (χ3n) is 8.03. The number of rotatable bonds is 5. The predicted molar refractivity (Wildman–Crippen MR) is 105 cm³/mol. The van der Waals surface area contributed by atoms with Crippen LogP contribution in [0.5, 0.6) is 0 Å². The van der Waals surface area contributed by atoms with Crippen LogP contribution >= 0.6 is 0 Å². The van der Waals surface area contributed by atoms with Crippen LogP contribution in [0, 0.1) is 29.1 Å². The van der Waals surface area contributed by atoms with Gasteiger partial charge in [-0.1, -0.05) is 6.92 Å². The van der Waals surface area contributed by atoms with Crippen molar-refractivity contribution in [2.45, 2.75) is 76.9 Å². The van der Waals surface area contributed by atoms with Crippen molar-refractivity contribution in [3.05, 3.63) is 0 Å². The number of nitrogens with zero attached hydrogens (tertiary/aromatic N) is 1. The van der Waals surface area contributed by atoms with Crippen molar-refractivity contribution in [2.24, 2.45) is 29.1 Å². The molecule has 5 rings (SSSR count). The van der Waals surface area contributed by atoms with Gasteiger partial charge in [-0.2, -0.15) is 13.2 Å². The van der Waals surface area contributed by atoms with Crippen molar-refractivity contribution in [3.63, 3.8) is 0 Å². The van der Waals surface area contributed by atoms with E-state index in [4.69, 9.17) is 0 Å². The molecule has 1 N–H and O–H groups in total. The third kappa shape index (κ3) is 4.57. The smallest absolute Gasteiger partial charge is 0.422 e. The molecule has 1 atom stereocenters. The van der Waals surface area contributed by atoms with E-state index in [1.54, 1.807) is 0 Å². The largest absolute Gasteiger partial charge is 0.440 e. The number of carbonyl (C=O) groups is 2. The first-order valence-electron chi connectivity index (χ1n) is 11.5. The van der Waals surface area contributed by atoms with E-state index in [0.29, 0.717) is 12.8 Å². The molecule has 5 nitrogen and oxygen atoms in total. The molecule has 1 aliphatic heterocycles. The number of likely N-dealkylation sites (tertiary alicyclic amines) is 1. The van der Waals surface area contributed by atoms with E-state index >= 15 is 0 Å². The number of alkyl halides is 3. The first kappa shape index (κ1) is 21.8. The molecule has 170 valence electrons. The maximum Gasteiger partial charge on any atom is 0.422 e. The first-order valence-corrected chi connectivity index (χ1v) is 11.5. The minimum absolute atomic E-state index is 0.0425. The number of ether oxygens (including phenoxy) is 1. The van der Waals surface area contributed by atoms with E-state index in [0.717, 1.165) is 24.2 Å². The molecule has 2 amide bonds. The Morgan fingerprint density at radius 1 is 1.07 bits per heavy atom. The summed E-state index contributed by atoms with van der Waals surface area (Å²) in [4.78, 5) is 26.1. The molecule has 0 aromatic carbocycles. The molecule has 0 radical (unpaired) electrons. The highest BCUT2D eigenvalue weighted by Crippen LogP contribution is 2.61. The van der Waals surface area contributed by atoms with Gasteiger partial charge in [0, 0.05) is 25.0 Å². The van der Waals surface area contributed by atoms with Crippen LogP contribution in [0.2, 0.25) is 0 Å². The van der Waals surface area contributed by atoms with E-state index in [2.05, 4.69) is 17.0 Å². The fourth-order valence-electron chi connectivity index (χ4n) is 7.14. The highest BCUT2D eigenvalue weighted by Gasteiger charge is 2.54. The van der Waals surface area contributed by atoms with E-state index in [-0.39, 0.29) is 36.4 Å². The van der Waals surface area contributed by atoms with Gasteiger partial charge in [-0.25, -0.2) is 4.79 Å². The molecule has 5 fully saturated rings. The number of amides is 2. The molecule has 1 saturated heterocycles. The number of carbonyl (C=O) groups excluding carboxylic acids is 2. The van der Waals surface area contributed by atoms with Gasteiger partial charge in [-0.05, 0) is 81.0 Å². The minimum atomic E-state index is -4.53. The molecular weight excluding hydrogens is 397 g/mol. The summed E-state index contributed by atoms with van der Waals surface area (Å²) in [6.45, 7) is 1.09. The van der Waals surface area contributed by atoms with E-state index < -0.39 is 18.9 Å². The van der Waals surface area contributed by atoms with Gasteiger partial charge < -0.3 is 15.0 Å². The van der Waals surface area contributed by atoms with Gasteiger partial charge in [-0.15, -0.1) is 0 Å². The Morgan fingerprint density at radius 3 is 2.07 bits per heavy atom. The number of hydrogen-bond acceptors (Lipinski definition) is 3. The average Bonchev–Trinajstić information content (AvgIpc) is 2.68. The summed E-state index contributed by atoms with van der Waals surface area (Å²) < 4.78 is 41.0. The maximum atomic E-state index is 13.0. The Morgan fingerprint density at radius 2 is 1.60 bits per heavy atom. The van der Waals surface area contributed by atoms with Gasteiger partial charge in [0.05, 0.1) is 0 Å². The molecule has 0 unspecified atom stereocenters. The Kier molecular flexibility index (Phi) is 5.96. The van der Waals surface area contributed by atoms with Gasteiger partial charge in [0.15, 0.2) is 6.61 Å². The second-order valence-corrected chi connectivity index (χ2v) is 10.2. The molecule has 4 bridgehead atoms. The zero-order valence-corrected chi connectivity index (χ0v) is 17.7. The Hall–Kier alpha value is -1.47. The zero-order chi connectivity index (χ0) is 21.5. The predicted octanol–water partition coefficient (Wildman–Crippen LogP) is 4.51. The SMILES string of the molecule is CC[C@@H](NC(=O)C1CCN(C(=O)OCC(F)(F)F)CC1)C12CC3CC(CC(C3)C1)C2.